The number of benzene rings is 2. The number of nitrogens with zero attached hydrogens (tertiary/aromatic N) is 4. The highest BCUT2D eigenvalue weighted by Crippen LogP contribution is 2.44. The number of methoxy groups -OCH3 is 3. The van der Waals surface area contributed by atoms with E-state index in [4.69, 9.17) is 19.9 Å². The number of ether oxygens (including phenoxy) is 3. The lowest BCUT2D eigenvalue weighted by Gasteiger charge is -2.29. The van der Waals surface area contributed by atoms with Gasteiger partial charge in [-0.25, -0.2) is 4.68 Å². The third-order valence-electron chi connectivity index (χ3n) is 5.46. The number of primary amides is 1. The number of aromatic nitrogens is 3. The van der Waals surface area contributed by atoms with E-state index < -0.39 is 16.9 Å². The number of hydrogen-bond donors (Lipinski definition) is 2. The maximum atomic E-state index is 12.5. The number of nitro benzene ring substituents is 1. The van der Waals surface area contributed by atoms with Crippen molar-refractivity contribution < 1.29 is 23.9 Å². The summed E-state index contributed by atoms with van der Waals surface area (Å²) in [5.74, 6) is 1.16. The monoisotopic (exact) mass is 466 g/mol. The molecular formula is C22H22N6O6. The number of nitrogens with two attached hydrogens (primary N) is 1. The molecule has 1 atom stereocenters. The molecule has 4 rings (SSSR count). The van der Waals surface area contributed by atoms with E-state index in [2.05, 4.69) is 15.4 Å². The first-order valence-electron chi connectivity index (χ1n) is 10.1. The molecule has 1 amide bonds. The van der Waals surface area contributed by atoms with Crippen LogP contribution in [0.2, 0.25) is 0 Å². The summed E-state index contributed by atoms with van der Waals surface area (Å²) in [5, 5.41) is 18.8. The van der Waals surface area contributed by atoms with Crippen molar-refractivity contribution in [3.8, 4) is 28.6 Å². The number of carbonyl (C=O) groups is 1. The van der Waals surface area contributed by atoms with Crippen LogP contribution < -0.4 is 25.3 Å². The number of amides is 1. The smallest absolute Gasteiger partial charge is 0.270 e. The summed E-state index contributed by atoms with van der Waals surface area (Å²) < 4.78 is 17.9. The molecule has 2 aromatic carbocycles. The fraction of sp³-hybridized carbons (Fsp3) is 0.227. The molecule has 0 fully saturated rings. The highest BCUT2D eigenvalue weighted by Gasteiger charge is 2.36. The van der Waals surface area contributed by atoms with Gasteiger partial charge in [0, 0.05) is 35.0 Å². The van der Waals surface area contributed by atoms with Crippen LogP contribution >= 0.6 is 0 Å². The van der Waals surface area contributed by atoms with Crippen LogP contribution in [0, 0.1) is 10.1 Å². The van der Waals surface area contributed by atoms with Gasteiger partial charge in [-0.15, -0.1) is 5.10 Å². The molecule has 34 heavy (non-hydrogen) atoms. The van der Waals surface area contributed by atoms with Gasteiger partial charge in [0.2, 0.25) is 11.9 Å². The van der Waals surface area contributed by atoms with E-state index in [1.165, 1.54) is 38.1 Å². The zero-order chi connectivity index (χ0) is 24.6. The minimum atomic E-state index is -0.816. The lowest BCUT2D eigenvalue weighted by atomic mass is 9.94. The molecule has 1 aliphatic rings. The first-order valence-corrected chi connectivity index (χ1v) is 10.1. The highest BCUT2D eigenvalue weighted by molar-refractivity contribution is 5.95. The van der Waals surface area contributed by atoms with Crippen molar-refractivity contribution in [2.45, 2.75) is 13.0 Å². The minimum Gasteiger partial charge on any atom is -0.496 e. The van der Waals surface area contributed by atoms with Crippen LogP contribution in [0.5, 0.6) is 17.2 Å². The largest absolute Gasteiger partial charge is 0.496 e. The Hall–Kier alpha value is -4.61. The van der Waals surface area contributed by atoms with Crippen LogP contribution in [0.25, 0.3) is 11.4 Å². The number of nitro groups is 1. The molecule has 1 aromatic heterocycles. The maximum absolute atomic E-state index is 12.5. The fourth-order valence-electron chi connectivity index (χ4n) is 3.91. The van der Waals surface area contributed by atoms with Gasteiger partial charge >= 0.3 is 0 Å². The Morgan fingerprint density at radius 2 is 1.79 bits per heavy atom. The molecular weight excluding hydrogens is 444 g/mol. The lowest BCUT2D eigenvalue weighted by Crippen LogP contribution is -2.32. The summed E-state index contributed by atoms with van der Waals surface area (Å²) in [5.41, 5.74) is 7.37. The van der Waals surface area contributed by atoms with Crippen molar-refractivity contribution in [3.63, 3.8) is 0 Å². The Morgan fingerprint density at radius 1 is 1.12 bits per heavy atom. The van der Waals surface area contributed by atoms with Crippen molar-refractivity contribution in [3.05, 3.63) is 63.3 Å². The zero-order valence-corrected chi connectivity index (χ0v) is 18.9. The average molecular weight is 466 g/mol. The second-order valence-corrected chi connectivity index (χ2v) is 7.39. The molecule has 12 nitrogen and oxygen atoms in total. The van der Waals surface area contributed by atoms with E-state index in [1.807, 2.05) is 0 Å². The number of carbonyl (C=O) groups excluding carboxylic acids is 1. The van der Waals surface area contributed by atoms with Crippen LogP contribution in [0.1, 0.15) is 18.5 Å². The molecule has 1 aliphatic heterocycles. The van der Waals surface area contributed by atoms with Crippen LogP contribution in [0.3, 0.4) is 0 Å². The van der Waals surface area contributed by atoms with E-state index in [0.717, 1.165) is 0 Å². The van der Waals surface area contributed by atoms with Gasteiger partial charge in [-0.2, -0.15) is 4.98 Å². The van der Waals surface area contributed by atoms with Gasteiger partial charge in [0.15, 0.2) is 17.3 Å². The number of hydrogen-bond acceptors (Lipinski definition) is 9. The SMILES string of the molecule is COc1cc(OC)c(C2C(C(N)=O)=C(C)Nc3nc(-c4cccc([N+](=O)[O-])c4)nn32)cc1OC. The minimum absolute atomic E-state index is 0.0940. The molecule has 2 heterocycles. The van der Waals surface area contributed by atoms with Crippen LogP contribution in [0.4, 0.5) is 11.6 Å². The Balaban J connectivity index is 1.94. The molecule has 0 bridgehead atoms. The molecule has 0 saturated carbocycles. The highest BCUT2D eigenvalue weighted by atomic mass is 16.6. The Kier molecular flexibility index (Phi) is 5.80. The molecule has 1 unspecified atom stereocenters. The summed E-state index contributed by atoms with van der Waals surface area (Å²) in [6.07, 6.45) is 0. The van der Waals surface area contributed by atoms with Crippen molar-refractivity contribution in [2.24, 2.45) is 5.73 Å². The van der Waals surface area contributed by atoms with Crippen LogP contribution in [-0.4, -0.2) is 46.9 Å². The van der Waals surface area contributed by atoms with Crippen LogP contribution in [0.15, 0.2) is 47.7 Å². The second-order valence-electron chi connectivity index (χ2n) is 7.39. The van der Waals surface area contributed by atoms with E-state index in [-0.39, 0.29) is 17.1 Å². The van der Waals surface area contributed by atoms with E-state index in [9.17, 15) is 14.9 Å². The molecule has 3 aromatic rings. The molecule has 0 spiro atoms. The van der Waals surface area contributed by atoms with Gasteiger partial charge in [0.25, 0.3) is 5.69 Å². The lowest BCUT2D eigenvalue weighted by molar-refractivity contribution is -0.384. The fourth-order valence-corrected chi connectivity index (χ4v) is 3.91. The molecule has 3 N–H and O–H groups in total. The third kappa shape index (κ3) is 3.74. The van der Waals surface area contributed by atoms with Gasteiger partial charge in [-0.1, -0.05) is 12.1 Å². The number of anilines is 1. The van der Waals surface area contributed by atoms with E-state index in [0.29, 0.717) is 40.0 Å². The number of non-ortho nitro benzene ring substituents is 1. The van der Waals surface area contributed by atoms with Crippen molar-refractivity contribution >= 4 is 17.5 Å². The van der Waals surface area contributed by atoms with Crippen LogP contribution in [-0.2, 0) is 4.79 Å². The van der Waals surface area contributed by atoms with Gasteiger partial charge in [0.1, 0.15) is 11.8 Å². The van der Waals surface area contributed by atoms with Gasteiger partial charge in [-0.05, 0) is 13.0 Å². The molecule has 0 aliphatic carbocycles. The third-order valence-corrected chi connectivity index (χ3v) is 5.46. The average Bonchev–Trinajstić information content (AvgIpc) is 3.25. The molecule has 0 radical (unpaired) electrons. The number of nitrogens with one attached hydrogen (secondary N) is 1. The summed E-state index contributed by atoms with van der Waals surface area (Å²) in [4.78, 5) is 27.8. The van der Waals surface area contributed by atoms with E-state index >= 15 is 0 Å². The van der Waals surface area contributed by atoms with Crippen molar-refractivity contribution in [2.75, 3.05) is 26.6 Å². The van der Waals surface area contributed by atoms with Gasteiger partial charge in [-0.3, -0.25) is 14.9 Å². The quantitative estimate of drug-likeness (QED) is 0.394. The first kappa shape index (κ1) is 22.6. The van der Waals surface area contributed by atoms with Gasteiger partial charge < -0.3 is 25.3 Å². The van der Waals surface area contributed by atoms with Crippen molar-refractivity contribution in [1.29, 1.82) is 0 Å². The summed E-state index contributed by atoms with van der Waals surface area (Å²) in [6, 6.07) is 8.48. The summed E-state index contributed by atoms with van der Waals surface area (Å²) in [7, 11) is 4.48. The standard InChI is InChI=1S/C22H22N6O6/c1-11-18(20(23)29)19(14-9-16(33-3)17(34-4)10-15(14)32-2)27-22(24-11)25-21(26-27)12-6-5-7-13(8-12)28(30)31/h5-10,19H,1-4H3,(H2,23,29)(H,24,25,26). The number of rotatable bonds is 7. The Labute approximate surface area is 194 Å². The predicted molar refractivity (Wildman–Crippen MR) is 122 cm³/mol. The van der Waals surface area contributed by atoms with Crippen molar-refractivity contribution in [1.82, 2.24) is 14.8 Å². The Morgan fingerprint density at radius 3 is 2.41 bits per heavy atom. The van der Waals surface area contributed by atoms with Gasteiger partial charge in [0.05, 0.1) is 31.8 Å². The topological polar surface area (TPSA) is 157 Å². The number of fused-ring (bicyclic) bond motifs is 1. The summed E-state index contributed by atoms with van der Waals surface area (Å²) in [6.45, 7) is 1.70. The Bertz CT molecular complexity index is 1330. The first-order chi connectivity index (χ1) is 16.3. The zero-order valence-electron chi connectivity index (χ0n) is 18.9. The summed E-state index contributed by atoms with van der Waals surface area (Å²) >= 11 is 0. The number of allylic oxidation sites excluding steroid dienone is 1. The second kappa shape index (κ2) is 8.73. The normalized spacial score (nSPS) is 14.8. The molecule has 0 saturated heterocycles. The molecule has 176 valence electrons. The predicted octanol–water partition coefficient (Wildman–Crippen LogP) is 2.65. The molecule has 12 heteroatoms. The maximum Gasteiger partial charge on any atom is 0.270 e. The van der Waals surface area contributed by atoms with E-state index in [1.54, 1.807) is 31.2 Å².